The van der Waals surface area contributed by atoms with Gasteiger partial charge >= 0.3 is 0 Å². The SMILES string of the molecule is N#CCC(C1CCN(c2nccc(I)c2C#N)C1)n1cc(-c2ncnc3[nH]ccc23)cn1. The van der Waals surface area contributed by atoms with Crippen LogP contribution in [0.4, 0.5) is 5.82 Å². The largest absolute Gasteiger partial charge is 0.355 e. The number of halogens is 1. The van der Waals surface area contributed by atoms with Crippen molar-refractivity contribution >= 4 is 39.4 Å². The van der Waals surface area contributed by atoms with Crippen molar-refractivity contribution < 1.29 is 0 Å². The summed E-state index contributed by atoms with van der Waals surface area (Å²) >= 11 is 2.17. The normalized spacial score (nSPS) is 16.7. The second kappa shape index (κ2) is 8.55. The van der Waals surface area contributed by atoms with Gasteiger partial charge in [-0.15, -0.1) is 0 Å². The zero-order chi connectivity index (χ0) is 22.1. The van der Waals surface area contributed by atoms with Crippen molar-refractivity contribution in [2.24, 2.45) is 5.92 Å². The van der Waals surface area contributed by atoms with Gasteiger partial charge in [-0.2, -0.15) is 15.6 Å². The van der Waals surface area contributed by atoms with Crippen LogP contribution in [0.25, 0.3) is 22.3 Å². The number of aromatic amines is 1. The van der Waals surface area contributed by atoms with E-state index in [2.05, 4.69) is 64.7 Å². The van der Waals surface area contributed by atoms with Crippen LogP contribution in [0.2, 0.25) is 0 Å². The third kappa shape index (κ3) is 3.56. The third-order valence-electron chi connectivity index (χ3n) is 5.93. The first-order valence-electron chi connectivity index (χ1n) is 10.2. The standard InChI is InChI=1S/C22H18IN9/c23-18-3-7-27-22(17(18)9-25)31-8-4-14(11-31)19(1-5-24)32-12-15(10-30-32)20-16-2-6-26-21(16)29-13-28-20/h2-3,6-7,10,12-14,19H,1,4,8,11H2,(H,26,28,29). The van der Waals surface area contributed by atoms with Gasteiger partial charge in [-0.1, -0.05) is 0 Å². The van der Waals surface area contributed by atoms with Crippen LogP contribution >= 0.6 is 22.6 Å². The first-order chi connectivity index (χ1) is 15.7. The first kappa shape index (κ1) is 20.4. The van der Waals surface area contributed by atoms with Gasteiger partial charge in [-0.25, -0.2) is 15.0 Å². The Morgan fingerprint density at radius 2 is 2.16 bits per heavy atom. The zero-order valence-corrected chi connectivity index (χ0v) is 19.1. The number of nitrogens with zero attached hydrogens (tertiary/aromatic N) is 8. The van der Waals surface area contributed by atoms with E-state index < -0.39 is 0 Å². The molecule has 1 fully saturated rings. The number of nitriles is 2. The van der Waals surface area contributed by atoms with E-state index in [1.807, 2.05) is 29.2 Å². The van der Waals surface area contributed by atoms with E-state index in [9.17, 15) is 10.5 Å². The number of nitrogens with one attached hydrogen (secondary N) is 1. The predicted octanol–water partition coefficient (Wildman–Crippen LogP) is 3.67. The molecule has 0 radical (unpaired) electrons. The van der Waals surface area contributed by atoms with E-state index in [0.717, 1.165) is 51.2 Å². The summed E-state index contributed by atoms with van der Waals surface area (Å²) in [5.74, 6) is 0.931. The highest BCUT2D eigenvalue weighted by Gasteiger charge is 2.33. The topological polar surface area (TPSA) is 123 Å². The van der Waals surface area contributed by atoms with Gasteiger partial charge in [0.25, 0.3) is 0 Å². The summed E-state index contributed by atoms with van der Waals surface area (Å²) in [6, 6.07) is 8.32. The van der Waals surface area contributed by atoms with Crippen molar-refractivity contribution in [1.82, 2.24) is 29.7 Å². The summed E-state index contributed by atoms with van der Waals surface area (Å²) in [6.45, 7) is 1.51. The molecule has 0 aliphatic carbocycles. The molecule has 2 atom stereocenters. The minimum Gasteiger partial charge on any atom is -0.355 e. The molecule has 0 aromatic carbocycles. The molecule has 2 unspecified atom stereocenters. The van der Waals surface area contributed by atoms with E-state index in [1.54, 1.807) is 12.4 Å². The number of fused-ring (bicyclic) bond motifs is 1. The molecule has 5 rings (SSSR count). The van der Waals surface area contributed by atoms with Crippen molar-refractivity contribution in [3.8, 4) is 23.4 Å². The molecule has 158 valence electrons. The molecule has 9 nitrogen and oxygen atoms in total. The summed E-state index contributed by atoms with van der Waals surface area (Å²) in [7, 11) is 0. The summed E-state index contributed by atoms with van der Waals surface area (Å²) < 4.78 is 2.78. The van der Waals surface area contributed by atoms with Crippen LogP contribution < -0.4 is 4.90 Å². The van der Waals surface area contributed by atoms with Gasteiger partial charge in [0, 0.05) is 52.1 Å². The quantitative estimate of drug-likeness (QED) is 0.387. The maximum Gasteiger partial charge on any atom is 0.147 e. The Kier molecular flexibility index (Phi) is 5.45. The third-order valence-corrected chi connectivity index (χ3v) is 6.83. The second-order valence-corrected chi connectivity index (χ2v) is 8.86. The lowest BCUT2D eigenvalue weighted by Gasteiger charge is -2.23. The van der Waals surface area contributed by atoms with Crippen LogP contribution in [0.3, 0.4) is 0 Å². The Balaban J connectivity index is 1.42. The maximum absolute atomic E-state index is 9.58. The zero-order valence-electron chi connectivity index (χ0n) is 17.0. The number of H-pyrrole nitrogens is 1. The molecule has 1 N–H and O–H groups in total. The van der Waals surface area contributed by atoms with Crippen molar-refractivity contribution in [1.29, 1.82) is 10.5 Å². The molecule has 0 saturated carbocycles. The molecule has 1 aliphatic rings. The van der Waals surface area contributed by atoms with Crippen molar-refractivity contribution in [2.45, 2.75) is 18.9 Å². The van der Waals surface area contributed by atoms with Gasteiger partial charge in [-0.3, -0.25) is 4.68 Å². The number of pyridine rings is 1. The minimum atomic E-state index is -0.0735. The average molecular weight is 535 g/mol. The highest BCUT2D eigenvalue weighted by molar-refractivity contribution is 14.1. The second-order valence-electron chi connectivity index (χ2n) is 7.70. The molecule has 1 saturated heterocycles. The number of rotatable bonds is 5. The van der Waals surface area contributed by atoms with Crippen LogP contribution in [-0.4, -0.2) is 42.8 Å². The maximum atomic E-state index is 9.58. The van der Waals surface area contributed by atoms with Crippen LogP contribution in [0.1, 0.15) is 24.4 Å². The van der Waals surface area contributed by atoms with E-state index >= 15 is 0 Å². The van der Waals surface area contributed by atoms with Gasteiger partial charge in [0.05, 0.1) is 30.4 Å². The lowest BCUT2D eigenvalue weighted by Crippen LogP contribution is -2.26. The van der Waals surface area contributed by atoms with Crippen LogP contribution in [-0.2, 0) is 0 Å². The summed E-state index contributed by atoms with van der Waals surface area (Å²) in [6.07, 6.45) is 10.1. The van der Waals surface area contributed by atoms with Crippen LogP contribution in [0.15, 0.2) is 43.2 Å². The smallest absolute Gasteiger partial charge is 0.147 e. The van der Waals surface area contributed by atoms with Crippen molar-refractivity contribution in [3.63, 3.8) is 0 Å². The molecule has 0 spiro atoms. The molecular formula is C22H18IN9. The summed E-state index contributed by atoms with van der Waals surface area (Å²) in [5, 5.41) is 24.6. The van der Waals surface area contributed by atoms with Crippen molar-refractivity contribution in [3.05, 3.63) is 52.4 Å². The molecule has 10 heteroatoms. The van der Waals surface area contributed by atoms with Crippen molar-refractivity contribution in [2.75, 3.05) is 18.0 Å². The van der Waals surface area contributed by atoms with E-state index in [1.165, 1.54) is 6.33 Å². The fourth-order valence-corrected chi connectivity index (χ4v) is 4.90. The Hall–Kier alpha value is -3.51. The Morgan fingerprint density at radius 1 is 1.25 bits per heavy atom. The summed E-state index contributed by atoms with van der Waals surface area (Å²) in [4.78, 5) is 18.4. The molecular weight excluding hydrogens is 517 g/mol. The van der Waals surface area contributed by atoms with Gasteiger partial charge in [0.2, 0.25) is 0 Å². The Labute approximate surface area is 197 Å². The van der Waals surface area contributed by atoms with Crippen LogP contribution in [0, 0.1) is 32.2 Å². The fraction of sp³-hybridized carbons (Fsp3) is 0.273. The molecule has 5 heterocycles. The molecule has 32 heavy (non-hydrogen) atoms. The molecule has 4 aromatic rings. The lowest BCUT2D eigenvalue weighted by molar-refractivity contribution is 0.332. The average Bonchev–Trinajstić information content (AvgIpc) is 3.57. The molecule has 1 aliphatic heterocycles. The Bertz CT molecular complexity index is 1360. The predicted molar refractivity (Wildman–Crippen MR) is 126 cm³/mol. The van der Waals surface area contributed by atoms with E-state index in [4.69, 9.17) is 0 Å². The molecule has 0 bridgehead atoms. The Morgan fingerprint density at radius 3 is 3.00 bits per heavy atom. The monoisotopic (exact) mass is 535 g/mol. The molecule has 4 aromatic heterocycles. The number of hydrogen-bond acceptors (Lipinski definition) is 7. The first-order valence-corrected chi connectivity index (χ1v) is 11.3. The fourth-order valence-electron chi connectivity index (χ4n) is 4.38. The van der Waals surface area contributed by atoms with E-state index in [0.29, 0.717) is 12.0 Å². The minimum absolute atomic E-state index is 0.0735. The van der Waals surface area contributed by atoms with Gasteiger partial charge in [0.15, 0.2) is 0 Å². The number of anilines is 1. The summed E-state index contributed by atoms with van der Waals surface area (Å²) in [5.41, 5.74) is 3.08. The molecule has 0 amide bonds. The number of aromatic nitrogens is 6. The van der Waals surface area contributed by atoms with Crippen LogP contribution in [0.5, 0.6) is 0 Å². The van der Waals surface area contributed by atoms with Gasteiger partial charge in [-0.05, 0) is 41.1 Å². The van der Waals surface area contributed by atoms with Gasteiger partial charge in [0.1, 0.15) is 29.4 Å². The highest BCUT2D eigenvalue weighted by atomic mass is 127. The lowest BCUT2D eigenvalue weighted by atomic mass is 9.96. The van der Waals surface area contributed by atoms with E-state index in [-0.39, 0.29) is 12.0 Å². The van der Waals surface area contributed by atoms with Gasteiger partial charge < -0.3 is 9.88 Å². The number of hydrogen-bond donors (Lipinski definition) is 1. The highest BCUT2D eigenvalue weighted by Crippen LogP contribution is 2.35.